The lowest BCUT2D eigenvalue weighted by Crippen LogP contribution is -2.37. The zero-order chi connectivity index (χ0) is 35.5. The number of allylic oxidation sites excluding steroid dienone is 8. The van der Waals surface area contributed by atoms with E-state index < -0.39 is 6.04 Å². The number of carbonyl (C=O) groups excluding carboxylic acids is 1. The van der Waals surface area contributed by atoms with Crippen LogP contribution in [0.3, 0.4) is 0 Å². The van der Waals surface area contributed by atoms with E-state index in [0.717, 1.165) is 44.3 Å². The maximum atomic E-state index is 12.8. The van der Waals surface area contributed by atoms with Gasteiger partial charge >= 0.3 is 5.97 Å². The van der Waals surface area contributed by atoms with E-state index in [1.54, 1.807) is 0 Å². The van der Waals surface area contributed by atoms with Crippen LogP contribution < -0.4 is 22.1 Å². The highest BCUT2D eigenvalue weighted by Crippen LogP contribution is 2.18. The minimum atomic E-state index is -0.609. The molecule has 6 N–H and O–H groups in total. The Kier molecular flexibility index (Phi) is 30.9. The molecule has 1 aliphatic rings. The van der Waals surface area contributed by atoms with Crippen molar-refractivity contribution in [1.29, 1.82) is 0 Å². The first-order valence-corrected chi connectivity index (χ1v) is 20.6. The van der Waals surface area contributed by atoms with E-state index in [-0.39, 0.29) is 12.1 Å². The quantitative estimate of drug-likeness (QED) is 0.0297. The molecule has 1 aliphatic heterocycles. The molecule has 0 aromatic carbocycles. The maximum Gasteiger partial charge on any atom is 0.323 e. The van der Waals surface area contributed by atoms with Gasteiger partial charge in [0.2, 0.25) is 0 Å². The number of carbonyl (C=O) groups is 1. The highest BCUT2D eigenvalue weighted by Gasteiger charge is 2.21. The molecule has 0 aliphatic carbocycles. The molecule has 0 unspecified atom stereocenters. The predicted octanol–water partition coefficient (Wildman–Crippen LogP) is 11.3. The number of nitrogens with one attached hydrogen (secondary N) is 2. The summed E-state index contributed by atoms with van der Waals surface area (Å²) in [4.78, 5) is 12.8. The summed E-state index contributed by atoms with van der Waals surface area (Å²) in [5.74, 6) is 1.24. The molecule has 0 fully saturated rings. The highest BCUT2D eigenvalue weighted by molar-refractivity contribution is 5.75. The number of unbranched alkanes of at least 4 members (excludes halogenated alkanes) is 18. The van der Waals surface area contributed by atoms with Gasteiger partial charge in [0.1, 0.15) is 23.8 Å². The summed E-state index contributed by atoms with van der Waals surface area (Å²) >= 11 is 0. The molecule has 6 nitrogen and oxygen atoms in total. The number of rotatable bonds is 36. The lowest BCUT2D eigenvalue weighted by atomic mass is 10.0. The van der Waals surface area contributed by atoms with Gasteiger partial charge in [-0.25, -0.2) is 0 Å². The van der Waals surface area contributed by atoms with Gasteiger partial charge in [-0.2, -0.15) is 0 Å². The normalized spacial score (nSPS) is 13.9. The van der Waals surface area contributed by atoms with Crippen molar-refractivity contribution >= 4 is 5.97 Å². The first-order chi connectivity index (χ1) is 24.1. The Morgan fingerprint density at radius 2 is 1.00 bits per heavy atom. The molecule has 6 heteroatoms. The average Bonchev–Trinajstić information content (AvgIpc) is 3.81. The molecule has 0 aromatic rings. The number of hydrogen-bond acceptors (Lipinski definition) is 6. The number of hydrogen-bond donors (Lipinski definition) is 4. The first kappa shape index (κ1) is 44.6. The Morgan fingerprint density at radius 3 is 1.41 bits per heavy atom. The van der Waals surface area contributed by atoms with Crippen LogP contribution in [0.15, 0.2) is 60.3 Å². The summed E-state index contributed by atoms with van der Waals surface area (Å²) in [5, 5.41) is 6.09. The summed E-state index contributed by atoms with van der Waals surface area (Å²) in [6.45, 7) is 5.11. The molecule has 282 valence electrons. The van der Waals surface area contributed by atoms with E-state index in [4.69, 9.17) is 16.2 Å². The summed E-state index contributed by atoms with van der Waals surface area (Å²) in [6.07, 6.45) is 50.7. The third-order valence-electron chi connectivity index (χ3n) is 9.26. The van der Waals surface area contributed by atoms with Gasteiger partial charge in [-0.05, 0) is 96.3 Å². The number of esters is 1. The Labute approximate surface area is 303 Å². The van der Waals surface area contributed by atoms with Crippen molar-refractivity contribution in [3.63, 3.8) is 0 Å². The van der Waals surface area contributed by atoms with E-state index in [1.165, 1.54) is 128 Å². The van der Waals surface area contributed by atoms with Crippen molar-refractivity contribution in [3.8, 4) is 0 Å². The van der Waals surface area contributed by atoms with Crippen molar-refractivity contribution in [1.82, 2.24) is 10.6 Å². The zero-order valence-corrected chi connectivity index (χ0v) is 32.0. The molecular weight excluding hydrogens is 604 g/mol. The third kappa shape index (κ3) is 30.1. The van der Waals surface area contributed by atoms with Crippen LogP contribution in [-0.4, -0.2) is 24.7 Å². The smallest absolute Gasteiger partial charge is 0.323 e. The second kappa shape index (κ2) is 34.0. The summed E-state index contributed by atoms with van der Waals surface area (Å²) < 4.78 is 5.99. The van der Waals surface area contributed by atoms with E-state index in [1.807, 2.05) is 0 Å². The van der Waals surface area contributed by atoms with Gasteiger partial charge < -0.3 is 26.8 Å². The van der Waals surface area contributed by atoms with Crippen LogP contribution in [0.5, 0.6) is 0 Å². The molecule has 0 amide bonds. The van der Waals surface area contributed by atoms with Gasteiger partial charge in [0.15, 0.2) is 0 Å². The number of ether oxygens (including phenoxy) is 1. The second-order valence-corrected chi connectivity index (χ2v) is 14.0. The number of nitrogens with two attached hydrogens (primary N) is 2. The fourth-order valence-electron chi connectivity index (χ4n) is 5.95. The van der Waals surface area contributed by atoms with E-state index in [0.29, 0.717) is 18.8 Å². The topological polar surface area (TPSA) is 112 Å². The van der Waals surface area contributed by atoms with Crippen LogP contribution in [0.1, 0.15) is 187 Å². The molecule has 0 saturated carbocycles. The highest BCUT2D eigenvalue weighted by atomic mass is 16.5. The third-order valence-corrected chi connectivity index (χ3v) is 9.26. The van der Waals surface area contributed by atoms with Gasteiger partial charge in [-0.15, -0.1) is 0 Å². The second-order valence-electron chi connectivity index (χ2n) is 14.0. The van der Waals surface area contributed by atoms with Crippen molar-refractivity contribution in [3.05, 3.63) is 60.3 Å². The lowest BCUT2D eigenvalue weighted by molar-refractivity contribution is -0.151. The Bertz CT molecular complexity index is 875. The van der Waals surface area contributed by atoms with Crippen LogP contribution in [0.4, 0.5) is 0 Å². The van der Waals surface area contributed by atoms with Gasteiger partial charge in [0.25, 0.3) is 0 Å². The standard InChI is InChI=1S/C43H78N4O2/c1-3-5-7-9-11-13-15-17-19-21-23-25-27-29-31-33-35-39(49-43(48)40(44)37-38-46-42-41(45)47-42)36-34-32-30-28-26-24-22-20-18-16-14-12-10-8-6-4-2/h11-14,17-20,39-40,46-47H,3-10,15-16,21-38,44-45H2,1-2H3/b13-11-,14-12-,19-17-,20-18-/t40-/m0/s1. The largest absolute Gasteiger partial charge is 0.461 e. The minimum Gasteiger partial charge on any atom is -0.461 e. The SMILES string of the molecule is CCCCC/C=C\C/C=C\CCCCCCCCC(CCCCCCCC/C=C\C/C=C\CCCCC)OC(=O)[C@@H](N)CCNC1=C(N)N1. The Hall–Kier alpha value is -2.47. The monoisotopic (exact) mass is 683 g/mol. The van der Waals surface area contributed by atoms with Crippen molar-refractivity contribution < 1.29 is 9.53 Å². The molecule has 49 heavy (non-hydrogen) atoms. The van der Waals surface area contributed by atoms with Crippen molar-refractivity contribution in [2.24, 2.45) is 11.5 Å². The molecule has 1 rings (SSSR count). The minimum absolute atomic E-state index is 0.0216. The predicted molar refractivity (Wildman–Crippen MR) is 213 cm³/mol. The average molecular weight is 683 g/mol. The van der Waals surface area contributed by atoms with Gasteiger partial charge in [-0.3, -0.25) is 4.79 Å². The molecule has 0 spiro atoms. The lowest BCUT2D eigenvalue weighted by Gasteiger charge is -2.20. The van der Waals surface area contributed by atoms with Gasteiger partial charge in [0, 0.05) is 6.54 Å². The molecule has 1 atom stereocenters. The van der Waals surface area contributed by atoms with Gasteiger partial charge in [0.05, 0.1) is 0 Å². The zero-order valence-electron chi connectivity index (χ0n) is 32.0. The molecule has 0 saturated heterocycles. The van der Waals surface area contributed by atoms with Crippen LogP contribution in [0.25, 0.3) is 0 Å². The first-order valence-electron chi connectivity index (χ1n) is 20.6. The van der Waals surface area contributed by atoms with E-state index >= 15 is 0 Å². The van der Waals surface area contributed by atoms with E-state index in [2.05, 4.69) is 73.1 Å². The van der Waals surface area contributed by atoms with Crippen LogP contribution in [0, 0.1) is 0 Å². The van der Waals surface area contributed by atoms with Crippen molar-refractivity contribution in [2.75, 3.05) is 6.54 Å². The van der Waals surface area contributed by atoms with Crippen LogP contribution >= 0.6 is 0 Å². The molecule has 1 heterocycles. The Morgan fingerprint density at radius 1 is 0.612 bits per heavy atom. The molecular formula is C43H78N4O2. The maximum absolute atomic E-state index is 12.8. The Balaban J connectivity index is 2.20. The molecule has 0 radical (unpaired) electrons. The summed E-state index contributed by atoms with van der Waals surface area (Å²) in [5.41, 5.74) is 11.8. The van der Waals surface area contributed by atoms with Gasteiger partial charge in [-0.1, -0.05) is 140 Å². The molecule has 0 bridgehead atoms. The fourth-order valence-corrected chi connectivity index (χ4v) is 5.95. The summed E-state index contributed by atoms with van der Waals surface area (Å²) in [7, 11) is 0. The van der Waals surface area contributed by atoms with Crippen molar-refractivity contribution in [2.45, 2.75) is 199 Å². The fraction of sp³-hybridized carbons (Fsp3) is 0.744. The summed E-state index contributed by atoms with van der Waals surface area (Å²) in [6, 6.07) is -0.609. The van der Waals surface area contributed by atoms with E-state index in [9.17, 15) is 4.79 Å². The molecule has 0 aromatic heterocycles. The van der Waals surface area contributed by atoms with Crippen LogP contribution in [0.2, 0.25) is 0 Å². The van der Waals surface area contributed by atoms with Crippen LogP contribution in [-0.2, 0) is 9.53 Å².